The number of nitrogen functional groups attached to an aromatic ring is 1. The standard InChI is InChI=1S/C53H98N6O4/c1-5-9-12-15-18-27-34-45-62-49(60)39-30-23-19-25-32-41-58(43-35-44-59-46-55-51-52(54)56-48(36-8-4)57-53(51)59)42-33-26-20-24-31-40-50(61)63-47(37-28-21-16-13-10-6-2)38-29-22-17-14-11-7-3/h46-47H,5-45H2,1-4H3,(H2,54,56,57). The summed E-state index contributed by atoms with van der Waals surface area (Å²) in [6.07, 6.45) is 42.9. The normalized spacial score (nSPS) is 11.7. The van der Waals surface area contributed by atoms with Gasteiger partial charge >= 0.3 is 11.9 Å². The van der Waals surface area contributed by atoms with Crippen LogP contribution in [0.3, 0.4) is 0 Å². The highest BCUT2D eigenvalue weighted by molar-refractivity contribution is 5.81. The van der Waals surface area contributed by atoms with Crippen LogP contribution in [-0.2, 0) is 32.0 Å². The topological polar surface area (TPSA) is 125 Å². The van der Waals surface area contributed by atoms with E-state index in [1.54, 1.807) is 0 Å². The van der Waals surface area contributed by atoms with Crippen molar-refractivity contribution in [1.29, 1.82) is 0 Å². The lowest BCUT2D eigenvalue weighted by Gasteiger charge is -2.22. The van der Waals surface area contributed by atoms with Crippen molar-refractivity contribution in [2.75, 3.05) is 32.0 Å². The van der Waals surface area contributed by atoms with Gasteiger partial charge in [-0.25, -0.2) is 15.0 Å². The zero-order chi connectivity index (χ0) is 45.4. The maximum Gasteiger partial charge on any atom is 0.306 e. The highest BCUT2D eigenvalue weighted by atomic mass is 16.5. The van der Waals surface area contributed by atoms with E-state index in [1.165, 1.54) is 135 Å². The molecule has 63 heavy (non-hydrogen) atoms. The van der Waals surface area contributed by atoms with Crippen LogP contribution in [0.2, 0.25) is 0 Å². The lowest BCUT2D eigenvalue weighted by molar-refractivity contribution is -0.150. The Morgan fingerprint density at radius 3 is 1.60 bits per heavy atom. The van der Waals surface area contributed by atoms with Crippen LogP contribution in [-0.4, -0.2) is 68.7 Å². The third kappa shape index (κ3) is 29.4. The van der Waals surface area contributed by atoms with E-state index in [4.69, 9.17) is 20.2 Å². The fraction of sp³-hybridized carbons (Fsp3) is 0.868. The number of carbonyl (C=O) groups is 2. The first-order valence-corrected chi connectivity index (χ1v) is 27.0. The molecule has 0 saturated heterocycles. The van der Waals surface area contributed by atoms with Gasteiger partial charge in [-0.1, -0.05) is 169 Å². The van der Waals surface area contributed by atoms with Gasteiger partial charge in [-0.05, 0) is 90.3 Å². The number of aromatic nitrogens is 4. The van der Waals surface area contributed by atoms with Crippen molar-refractivity contribution in [2.45, 2.75) is 271 Å². The third-order valence-electron chi connectivity index (χ3n) is 12.7. The highest BCUT2D eigenvalue weighted by Crippen LogP contribution is 2.20. The summed E-state index contributed by atoms with van der Waals surface area (Å²) in [5, 5.41) is 0. The fourth-order valence-electron chi connectivity index (χ4n) is 8.71. The molecule has 2 aromatic heterocycles. The van der Waals surface area contributed by atoms with Gasteiger partial charge in [0, 0.05) is 25.8 Å². The summed E-state index contributed by atoms with van der Waals surface area (Å²) in [4.78, 5) is 41.6. The summed E-state index contributed by atoms with van der Waals surface area (Å²) in [5.74, 6) is 1.25. The van der Waals surface area contributed by atoms with Crippen molar-refractivity contribution in [1.82, 2.24) is 24.4 Å². The molecule has 0 unspecified atom stereocenters. The smallest absolute Gasteiger partial charge is 0.306 e. The number of hydrogen-bond donors (Lipinski definition) is 1. The molecule has 0 atom stereocenters. The number of anilines is 1. The van der Waals surface area contributed by atoms with E-state index >= 15 is 0 Å². The SMILES string of the molecule is CCCCCCCCCOC(=O)CCCCCCCN(CCCCCCCC(=O)OC(CCCCCCCC)CCCCCCCC)CCCn1cnc2c(N)nc(CCC)nc21. The van der Waals surface area contributed by atoms with E-state index in [2.05, 4.69) is 47.1 Å². The molecule has 2 aromatic rings. The molecule has 0 fully saturated rings. The van der Waals surface area contributed by atoms with Crippen LogP contribution in [0.4, 0.5) is 5.82 Å². The highest BCUT2D eigenvalue weighted by Gasteiger charge is 2.15. The van der Waals surface area contributed by atoms with Crippen LogP contribution in [0, 0.1) is 0 Å². The number of aryl methyl sites for hydroxylation is 2. The van der Waals surface area contributed by atoms with Crippen molar-refractivity contribution >= 4 is 28.9 Å². The van der Waals surface area contributed by atoms with E-state index in [-0.39, 0.29) is 18.0 Å². The molecule has 0 amide bonds. The minimum absolute atomic E-state index is 0.0169. The lowest BCUT2D eigenvalue weighted by Crippen LogP contribution is -2.28. The Morgan fingerprint density at radius 1 is 0.571 bits per heavy atom. The second kappa shape index (κ2) is 39.6. The molecular formula is C53H98N6O4. The maximum absolute atomic E-state index is 12.9. The van der Waals surface area contributed by atoms with Crippen LogP contribution >= 0.6 is 0 Å². The fourth-order valence-corrected chi connectivity index (χ4v) is 8.71. The van der Waals surface area contributed by atoms with Gasteiger partial charge in [-0.2, -0.15) is 0 Å². The number of ether oxygens (including phenoxy) is 2. The van der Waals surface area contributed by atoms with E-state index in [9.17, 15) is 9.59 Å². The predicted octanol–water partition coefficient (Wildman–Crippen LogP) is 14.4. The van der Waals surface area contributed by atoms with E-state index in [0.717, 1.165) is 121 Å². The number of rotatable bonds is 45. The summed E-state index contributed by atoms with van der Waals surface area (Å²) >= 11 is 0. The second-order valence-corrected chi connectivity index (χ2v) is 18.7. The van der Waals surface area contributed by atoms with Crippen molar-refractivity contribution in [3.63, 3.8) is 0 Å². The number of hydrogen-bond acceptors (Lipinski definition) is 9. The van der Waals surface area contributed by atoms with Gasteiger partial charge < -0.3 is 24.7 Å². The minimum atomic E-state index is -0.0280. The average molecular weight is 883 g/mol. The molecule has 10 heteroatoms. The van der Waals surface area contributed by atoms with Gasteiger partial charge in [-0.3, -0.25) is 9.59 Å². The molecule has 0 aromatic carbocycles. The summed E-state index contributed by atoms with van der Waals surface area (Å²) in [7, 11) is 0. The van der Waals surface area contributed by atoms with Crippen molar-refractivity contribution < 1.29 is 19.1 Å². The number of unbranched alkanes of at least 4 members (excludes halogenated alkanes) is 24. The lowest BCUT2D eigenvalue weighted by atomic mass is 10.0. The zero-order valence-corrected chi connectivity index (χ0v) is 41.6. The number of nitrogens with zero attached hydrogens (tertiary/aromatic N) is 5. The van der Waals surface area contributed by atoms with Crippen LogP contribution in [0.25, 0.3) is 11.2 Å². The maximum atomic E-state index is 12.9. The second-order valence-electron chi connectivity index (χ2n) is 18.7. The van der Waals surface area contributed by atoms with Crippen LogP contribution in [0.1, 0.15) is 258 Å². The summed E-state index contributed by atoms with van der Waals surface area (Å²) in [6, 6.07) is 0. The molecule has 0 radical (unpaired) electrons. The Kier molecular flexibility index (Phi) is 35.4. The number of imidazole rings is 1. The zero-order valence-electron chi connectivity index (χ0n) is 41.6. The van der Waals surface area contributed by atoms with Gasteiger partial charge in [0.05, 0.1) is 12.9 Å². The average Bonchev–Trinajstić information content (AvgIpc) is 3.69. The molecule has 364 valence electrons. The first-order chi connectivity index (χ1) is 30.9. The van der Waals surface area contributed by atoms with Crippen molar-refractivity contribution in [3.05, 3.63) is 12.2 Å². The first kappa shape index (κ1) is 56.4. The van der Waals surface area contributed by atoms with Crippen LogP contribution < -0.4 is 5.73 Å². The molecule has 0 aliphatic rings. The Labute approximate surface area is 386 Å². The van der Waals surface area contributed by atoms with Gasteiger partial charge in [0.25, 0.3) is 0 Å². The quantitative estimate of drug-likeness (QED) is 0.0511. The monoisotopic (exact) mass is 883 g/mol. The number of carbonyl (C=O) groups excluding carboxylic acids is 2. The Balaban J connectivity index is 1.74. The molecule has 10 nitrogen and oxygen atoms in total. The van der Waals surface area contributed by atoms with Gasteiger partial charge in [0.15, 0.2) is 11.5 Å². The summed E-state index contributed by atoms with van der Waals surface area (Å²) in [5.41, 5.74) is 7.79. The van der Waals surface area contributed by atoms with E-state index in [1.807, 2.05) is 6.33 Å². The molecular weight excluding hydrogens is 785 g/mol. The minimum Gasteiger partial charge on any atom is -0.466 e. The molecule has 0 aliphatic carbocycles. The van der Waals surface area contributed by atoms with Gasteiger partial charge in [0.1, 0.15) is 17.4 Å². The molecule has 0 saturated carbocycles. The Bertz CT molecular complexity index is 1370. The van der Waals surface area contributed by atoms with Crippen molar-refractivity contribution in [2.24, 2.45) is 0 Å². The van der Waals surface area contributed by atoms with Gasteiger partial charge in [-0.15, -0.1) is 0 Å². The molecule has 0 spiro atoms. The molecule has 2 rings (SSSR count). The van der Waals surface area contributed by atoms with Crippen LogP contribution in [0.5, 0.6) is 0 Å². The molecule has 0 aliphatic heterocycles. The van der Waals surface area contributed by atoms with Gasteiger partial charge in [0.2, 0.25) is 0 Å². The number of nitrogens with two attached hydrogens (primary N) is 1. The van der Waals surface area contributed by atoms with E-state index < -0.39 is 0 Å². The number of esters is 2. The summed E-state index contributed by atoms with van der Waals surface area (Å²) in [6.45, 7) is 13.5. The largest absolute Gasteiger partial charge is 0.466 e. The third-order valence-corrected chi connectivity index (χ3v) is 12.7. The van der Waals surface area contributed by atoms with Crippen molar-refractivity contribution in [3.8, 4) is 0 Å². The Morgan fingerprint density at radius 2 is 1.05 bits per heavy atom. The molecule has 2 N–H and O–H groups in total. The number of fused-ring (bicyclic) bond motifs is 1. The molecule has 2 heterocycles. The summed E-state index contributed by atoms with van der Waals surface area (Å²) < 4.78 is 13.7. The first-order valence-electron chi connectivity index (χ1n) is 27.0. The predicted molar refractivity (Wildman–Crippen MR) is 265 cm³/mol. The van der Waals surface area contributed by atoms with E-state index in [0.29, 0.717) is 30.8 Å². The molecule has 0 bridgehead atoms. The Hall–Kier alpha value is -2.75. The van der Waals surface area contributed by atoms with Crippen LogP contribution in [0.15, 0.2) is 6.33 Å².